The van der Waals surface area contributed by atoms with Crippen molar-refractivity contribution in [1.82, 2.24) is 24.3 Å². The molecule has 1 aliphatic carbocycles. The summed E-state index contributed by atoms with van der Waals surface area (Å²) >= 11 is 0. The molecule has 0 atom stereocenters. The van der Waals surface area contributed by atoms with Gasteiger partial charge in [-0.25, -0.2) is 4.98 Å². The molecule has 1 aliphatic rings. The third-order valence-electron chi connectivity index (χ3n) is 10.9. The van der Waals surface area contributed by atoms with Crippen LogP contribution in [0.25, 0.3) is 66.4 Å². The van der Waals surface area contributed by atoms with Crippen molar-refractivity contribution in [2.24, 2.45) is 0 Å². The number of pyridine rings is 1. The molecule has 0 amide bonds. The SMILES string of the molecule is Cc1cc(-n2c3ccccc3c3ccc(C4(c5ccc6c7ccccc7n(-c7ccccc7)c6n5)c5ccccc5-c5ccccc54)cc32)n[nH]1. The molecule has 240 valence electrons. The number of aromatic amines is 1. The van der Waals surface area contributed by atoms with Gasteiger partial charge in [-0.15, -0.1) is 0 Å². The second-order valence-corrected chi connectivity index (χ2v) is 13.6. The Hall–Kier alpha value is -6.72. The molecule has 0 fully saturated rings. The predicted octanol–water partition coefficient (Wildman–Crippen LogP) is 10.7. The summed E-state index contributed by atoms with van der Waals surface area (Å²) in [4.78, 5) is 5.76. The number of aryl methyl sites for hydroxylation is 1. The Bertz CT molecular complexity index is 2950. The Labute approximate surface area is 294 Å². The topological polar surface area (TPSA) is 51.4 Å². The van der Waals surface area contributed by atoms with Gasteiger partial charge < -0.3 is 0 Å². The lowest BCUT2D eigenvalue weighted by atomic mass is 9.69. The summed E-state index contributed by atoms with van der Waals surface area (Å²) in [6.07, 6.45) is 0. The smallest absolute Gasteiger partial charge is 0.159 e. The summed E-state index contributed by atoms with van der Waals surface area (Å²) in [5.74, 6) is 0.879. The van der Waals surface area contributed by atoms with Gasteiger partial charge in [0.25, 0.3) is 0 Å². The molecule has 0 unspecified atom stereocenters. The summed E-state index contributed by atoms with van der Waals surface area (Å²) in [5.41, 5.74) is 12.9. The van der Waals surface area contributed by atoms with Crippen molar-refractivity contribution in [3.8, 4) is 22.6 Å². The highest BCUT2D eigenvalue weighted by Crippen LogP contribution is 2.56. The maximum Gasteiger partial charge on any atom is 0.159 e. The van der Waals surface area contributed by atoms with E-state index >= 15 is 0 Å². The Morgan fingerprint density at radius 3 is 1.80 bits per heavy atom. The number of H-pyrrole nitrogens is 1. The van der Waals surface area contributed by atoms with Crippen molar-refractivity contribution < 1.29 is 0 Å². The summed E-state index contributed by atoms with van der Waals surface area (Å²) in [6, 6.07) is 59.3. The van der Waals surface area contributed by atoms with Crippen LogP contribution in [-0.4, -0.2) is 24.3 Å². The standard InChI is InChI=1S/C46H31N5/c1-29-27-44(49-48-29)51-41-22-12-7-17-34(41)36-24-23-30(28-42(36)51)46(38-19-9-5-15-32(38)33-16-6-10-20-39(33)46)43-26-25-37-35-18-8-11-21-40(35)50(45(37)47-43)31-13-3-2-4-14-31/h2-28H,1H3,(H,48,49). The van der Waals surface area contributed by atoms with E-state index in [1.807, 2.05) is 6.92 Å². The fourth-order valence-corrected chi connectivity index (χ4v) is 8.83. The maximum absolute atomic E-state index is 5.76. The van der Waals surface area contributed by atoms with Crippen LogP contribution >= 0.6 is 0 Å². The van der Waals surface area contributed by atoms with Crippen LogP contribution in [0.3, 0.4) is 0 Å². The third kappa shape index (κ3) is 3.75. The Morgan fingerprint density at radius 1 is 0.510 bits per heavy atom. The summed E-state index contributed by atoms with van der Waals surface area (Å²) < 4.78 is 4.61. The first-order chi connectivity index (χ1) is 25.2. The fraction of sp³-hybridized carbons (Fsp3) is 0.0435. The maximum atomic E-state index is 5.76. The molecule has 6 aromatic carbocycles. The van der Waals surface area contributed by atoms with Crippen molar-refractivity contribution in [1.29, 1.82) is 0 Å². The van der Waals surface area contributed by atoms with Gasteiger partial charge in [-0.3, -0.25) is 14.2 Å². The van der Waals surface area contributed by atoms with Crippen LogP contribution in [0.1, 0.15) is 28.1 Å². The summed E-state index contributed by atoms with van der Waals surface area (Å²) in [5, 5.41) is 12.7. The summed E-state index contributed by atoms with van der Waals surface area (Å²) in [7, 11) is 0. The monoisotopic (exact) mass is 653 g/mol. The number of benzene rings is 6. The number of fused-ring (bicyclic) bond motifs is 9. The lowest BCUT2D eigenvalue weighted by Crippen LogP contribution is -2.30. The molecule has 0 saturated carbocycles. The number of nitrogens with one attached hydrogen (secondary N) is 1. The quantitative estimate of drug-likeness (QED) is 0.206. The van der Waals surface area contributed by atoms with Gasteiger partial charge in [0.15, 0.2) is 5.82 Å². The molecule has 10 aromatic rings. The zero-order valence-electron chi connectivity index (χ0n) is 27.9. The molecule has 0 radical (unpaired) electrons. The minimum absolute atomic E-state index is 0.684. The van der Waals surface area contributed by atoms with Crippen molar-refractivity contribution in [2.75, 3.05) is 0 Å². The Morgan fingerprint density at radius 2 is 1.10 bits per heavy atom. The lowest BCUT2D eigenvalue weighted by molar-refractivity contribution is 0.738. The molecule has 51 heavy (non-hydrogen) atoms. The van der Waals surface area contributed by atoms with Crippen LogP contribution in [0.5, 0.6) is 0 Å². The van der Waals surface area contributed by atoms with Crippen LogP contribution in [-0.2, 0) is 5.41 Å². The zero-order valence-corrected chi connectivity index (χ0v) is 27.9. The number of para-hydroxylation sites is 3. The van der Waals surface area contributed by atoms with Crippen LogP contribution in [0.2, 0.25) is 0 Å². The van der Waals surface area contributed by atoms with Crippen molar-refractivity contribution in [3.05, 3.63) is 192 Å². The number of hydrogen-bond acceptors (Lipinski definition) is 2. The number of hydrogen-bond donors (Lipinski definition) is 1. The van der Waals surface area contributed by atoms with Crippen LogP contribution in [0.4, 0.5) is 0 Å². The van der Waals surface area contributed by atoms with E-state index in [4.69, 9.17) is 10.1 Å². The molecule has 4 aromatic heterocycles. The average molecular weight is 654 g/mol. The molecule has 0 spiro atoms. The van der Waals surface area contributed by atoms with Crippen LogP contribution < -0.4 is 0 Å². The molecule has 1 N–H and O–H groups in total. The Balaban J connectivity index is 1.29. The first-order valence-electron chi connectivity index (χ1n) is 17.4. The molecule has 0 bridgehead atoms. The van der Waals surface area contributed by atoms with Gasteiger partial charge in [0, 0.05) is 39.0 Å². The van der Waals surface area contributed by atoms with E-state index < -0.39 is 5.41 Å². The predicted molar refractivity (Wildman–Crippen MR) is 207 cm³/mol. The number of rotatable bonds is 4. The van der Waals surface area contributed by atoms with E-state index in [0.717, 1.165) is 56.0 Å². The van der Waals surface area contributed by atoms with E-state index in [2.05, 4.69) is 178 Å². The number of aromatic nitrogens is 5. The normalized spacial score (nSPS) is 13.4. The molecule has 5 nitrogen and oxygen atoms in total. The first-order valence-corrected chi connectivity index (χ1v) is 17.4. The van der Waals surface area contributed by atoms with E-state index in [1.165, 1.54) is 38.4 Å². The number of nitrogens with zero attached hydrogens (tertiary/aromatic N) is 4. The molecule has 0 aliphatic heterocycles. The van der Waals surface area contributed by atoms with Crippen LogP contribution in [0, 0.1) is 6.92 Å². The van der Waals surface area contributed by atoms with Crippen molar-refractivity contribution in [2.45, 2.75) is 12.3 Å². The molecule has 0 saturated heterocycles. The lowest BCUT2D eigenvalue weighted by Gasteiger charge is -2.33. The highest BCUT2D eigenvalue weighted by atomic mass is 15.2. The Kier molecular flexibility index (Phi) is 5.74. The minimum atomic E-state index is -0.684. The largest absolute Gasteiger partial charge is 0.294 e. The van der Waals surface area contributed by atoms with Crippen molar-refractivity contribution in [3.63, 3.8) is 0 Å². The van der Waals surface area contributed by atoms with E-state index in [9.17, 15) is 0 Å². The minimum Gasteiger partial charge on any atom is -0.294 e. The third-order valence-corrected chi connectivity index (χ3v) is 10.9. The van der Waals surface area contributed by atoms with Gasteiger partial charge in [-0.1, -0.05) is 115 Å². The first kappa shape index (κ1) is 28.2. The van der Waals surface area contributed by atoms with Crippen LogP contribution in [0.15, 0.2) is 164 Å². The highest BCUT2D eigenvalue weighted by Gasteiger charge is 2.47. The van der Waals surface area contributed by atoms with Gasteiger partial charge in [0.1, 0.15) is 5.65 Å². The molecule has 4 heterocycles. The van der Waals surface area contributed by atoms with E-state index in [0.29, 0.717) is 0 Å². The molecular formula is C46H31N5. The van der Waals surface area contributed by atoms with E-state index in [-0.39, 0.29) is 0 Å². The fourth-order valence-electron chi connectivity index (χ4n) is 8.83. The van der Waals surface area contributed by atoms with Gasteiger partial charge in [-0.05, 0) is 77.2 Å². The second kappa shape index (κ2) is 10.4. The van der Waals surface area contributed by atoms with Crippen molar-refractivity contribution >= 4 is 43.7 Å². The summed E-state index contributed by atoms with van der Waals surface area (Å²) in [6.45, 7) is 2.05. The second-order valence-electron chi connectivity index (χ2n) is 13.6. The molecule has 11 rings (SSSR count). The van der Waals surface area contributed by atoms with Gasteiger partial charge in [0.2, 0.25) is 0 Å². The zero-order chi connectivity index (χ0) is 33.7. The van der Waals surface area contributed by atoms with E-state index in [1.54, 1.807) is 0 Å². The molecule has 5 heteroatoms. The van der Waals surface area contributed by atoms with Gasteiger partial charge in [-0.2, -0.15) is 5.10 Å². The van der Waals surface area contributed by atoms with Gasteiger partial charge >= 0.3 is 0 Å². The average Bonchev–Trinajstić information content (AvgIpc) is 3.93. The molecular weight excluding hydrogens is 623 g/mol. The van der Waals surface area contributed by atoms with Gasteiger partial charge in [0.05, 0.1) is 27.7 Å². The highest BCUT2D eigenvalue weighted by molar-refractivity contribution is 6.10.